The molecule has 2 N–H and O–H groups in total. The Balaban J connectivity index is 1.74. The maximum absolute atomic E-state index is 12.8. The third-order valence-corrected chi connectivity index (χ3v) is 4.72. The first kappa shape index (κ1) is 16.0. The Labute approximate surface area is 147 Å². The molecule has 0 saturated carbocycles. The molecule has 7 heteroatoms. The average molecular weight is 349 g/mol. The van der Waals surface area contributed by atoms with E-state index in [0.717, 1.165) is 18.4 Å². The molecule has 1 heterocycles. The van der Waals surface area contributed by atoms with Gasteiger partial charge < -0.3 is 10.3 Å². The first-order valence-corrected chi connectivity index (χ1v) is 8.23. The molecule has 1 aliphatic rings. The Morgan fingerprint density at radius 2 is 2.00 bits per heavy atom. The first-order valence-electron chi connectivity index (χ1n) is 8.23. The van der Waals surface area contributed by atoms with E-state index in [9.17, 15) is 19.7 Å². The molecule has 26 heavy (non-hydrogen) atoms. The Morgan fingerprint density at radius 1 is 1.19 bits per heavy atom. The third-order valence-electron chi connectivity index (χ3n) is 4.72. The number of carbonyl (C=O) groups is 1. The number of hydrogen-bond acceptors (Lipinski definition) is 4. The number of nitrogens with one attached hydrogen (secondary N) is 2. The predicted octanol–water partition coefficient (Wildman–Crippen LogP) is 2.85. The van der Waals surface area contributed by atoms with Gasteiger partial charge in [-0.15, -0.1) is 0 Å². The molecule has 1 amide bonds. The van der Waals surface area contributed by atoms with Gasteiger partial charge in [-0.3, -0.25) is 19.7 Å². The molecule has 3 aromatic rings. The minimum absolute atomic E-state index is 0.133. The van der Waals surface area contributed by atoms with Crippen LogP contribution in [0.25, 0.3) is 10.9 Å². The van der Waals surface area contributed by atoms with Crippen LogP contribution in [-0.2, 0) is 6.42 Å². The van der Waals surface area contributed by atoms with Crippen LogP contribution in [0.4, 0.5) is 5.69 Å². The summed E-state index contributed by atoms with van der Waals surface area (Å²) in [5, 5.41) is 14.3. The Kier molecular flexibility index (Phi) is 3.76. The highest BCUT2D eigenvalue weighted by Crippen LogP contribution is 2.31. The molecule has 0 unspecified atom stereocenters. The summed E-state index contributed by atoms with van der Waals surface area (Å²) in [7, 11) is 0. The summed E-state index contributed by atoms with van der Waals surface area (Å²) in [6, 6.07) is 13.0. The Hall–Kier alpha value is -3.48. The average Bonchev–Trinajstić information content (AvgIpc) is 3.03. The molecule has 0 fully saturated rings. The summed E-state index contributed by atoms with van der Waals surface area (Å²) < 4.78 is 0. The smallest absolute Gasteiger partial charge is 0.270 e. The van der Waals surface area contributed by atoms with Gasteiger partial charge in [0.15, 0.2) is 0 Å². The number of aromatic nitrogens is 1. The number of H-pyrrole nitrogens is 1. The largest absolute Gasteiger partial charge is 0.345 e. The van der Waals surface area contributed by atoms with Gasteiger partial charge in [0.05, 0.1) is 16.5 Å². The molecule has 7 nitrogen and oxygen atoms in total. The second kappa shape index (κ2) is 6.11. The van der Waals surface area contributed by atoms with Gasteiger partial charge >= 0.3 is 0 Å². The van der Waals surface area contributed by atoms with E-state index in [1.807, 2.05) is 24.3 Å². The quantitative estimate of drug-likeness (QED) is 0.560. The molecule has 0 radical (unpaired) electrons. The Morgan fingerprint density at radius 3 is 2.81 bits per heavy atom. The van der Waals surface area contributed by atoms with Gasteiger partial charge in [-0.05, 0) is 30.0 Å². The number of aryl methyl sites for hydroxylation is 1. The number of nitrogens with zero attached hydrogens (tertiary/aromatic N) is 1. The maximum atomic E-state index is 12.8. The van der Waals surface area contributed by atoms with E-state index < -0.39 is 16.4 Å². The zero-order chi connectivity index (χ0) is 18.3. The second-order valence-electron chi connectivity index (χ2n) is 6.30. The van der Waals surface area contributed by atoms with Crippen molar-refractivity contribution in [3.8, 4) is 0 Å². The van der Waals surface area contributed by atoms with Crippen molar-refractivity contribution in [3.63, 3.8) is 0 Å². The van der Waals surface area contributed by atoms with E-state index in [0.29, 0.717) is 10.9 Å². The molecule has 130 valence electrons. The normalized spacial score (nSPS) is 15.6. The van der Waals surface area contributed by atoms with Crippen LogP contribution in [-0.4, -0.2) is 15.8 Å². The highest BCUT2D eigenvalue weighted by atomic mass is 16.6. The lowest BCUT2D eigenvalue weighted by molar-refractivity contribution is -0.384. The van der Waals surface area contributed by atoms with E-state index in [-0.39, 0.29) is 17.3 Å². The summed E-state index contributed by atoms with van der Waals surface area (Å²) in [5.74, 6) is -0.414. The summed E-state index contributed by atoms with van der Waals surface area (Å²) in [6.45, 7) is 0. The van der Waals surface area contributed by atoms with Crippen molar-refractivity contribution in [1.29, 1.82) is 0 Å². The zero-order valence-corrected chi connectivity index (χ0v) is 13.7. The van der Waals surface area contributed by atoms with Crippen molar-refractivity contribution >= 4 is 22.5 Å². The van der Waals surface area contributed by atoms with Crippen molar-refractivity contribution in [1.82, 2.24) is 10.3 Å². The van der Waals surface area contributed by atoms with Crippen LogP contribution in [0, 0.1) is 10.1 Å². The van der Waals surface area contributed by atoms with Crippen molar-refractivity contribution in [3.05, 3.63) is 85.7 Å². The van der Waals surface area contributed by atoms with E-state index >= 15 is 0 Å². The minimum Gasteiger partial charge on any atom is -0.345 e. The molecule has 0 saturated heterocycles. The summed E-state index contributed by atoms with van der Waals surface area (Å²) in [4.78, 5) is 37.8. The van der Waals surface area contributed by atoms with Crippen LogP contribution in [0.5, 0.6) is 0 Å². The van der Waals surface area contributed by atoms with Crippen molar-refractivity contribution in [2.45, 2.75) is 18.9 Å². The summed E-state index contributed by atoms with van der Waals surface area (Å²) in [6.07, 6.45) is 1.66. The van der Waals surface area contributed by atoms with Gasteiger partial charge in [0.2, 0.25) is 5.56 Å². The minimum atomic E-state index is -0.528. The number of rotatable bonds is 3. The lowest BCUT2D eigenvalue weighted by Crippen LogP contribution is -2.28. The molecule has 0 bridgehead atoms. The summed E-state index contributed by atoms with van der Waals surface area (Å²) in [5.41, 5.74) is 2.23. The lowest BCUT2D eigenvalue weighted by Gasteiger charge is -2.15. The fourth-order valence-corrected chi connectivity index (χ4v) is 3.49. The monoisotopic (exact) mass is 349 g/mol. The molecular weight excluding hydrogens is 334 g/mol. The Bertz CT molecular complexity index is 1100. The number of nitro groups is 1. The first-order chi connectivity index (χ1) is 12.5. The number of amides is 1. The standard InChI is InChI=1S/C19H15N3O4/c23-18-10-15(14-9-12(22(25)26)6-8-17(14)20-18)19(24)21-16-7-5-11-3-1-2-4-13(11)16/h1-4,6,8-10,16H,5,7H2,(H,20,23)(H,21,24)/t16-/m1/s1. The number of hydrogen-bond donors (Lipinski definition) is 2. The molecule has 1 aromatic heterocycles. The molecule has 0 aliphatic heterocycles. The molecule has 2 aromatic carbocycles. The predicted molar refractivity (Wildman–Crippen MR) is 96.2 cm³/mol. The van der Waals surface area contributed by atoms with Crippen LogP contribution in [0.3, 0.4) is 0 Å². The van der Waals surface area contributed by atoms with Gasteiger partial charge in [0.1, 0.15) is 0 Å². The maximum Gasteiger partial charge on any atom is 0.270 e. The van der Waals surface area contributed by atoms with E-state index in [4.69, 9.17) is 0 Å². The molecule has 4 rings (SSSR count). The van der Waals surface area contributed by atoms with Crippen LogP contribution < -0.4 is 10.9 Å². The second-order valence-corrected chi connectivity index (χ2v) is 6.30. The van der Waals surface area contributed by atoms with E-state index in [1.165, 1.54) is 29.8 Å². The third kappa shape index (κ3) is 2.73. The number of aromatic amines is 1. The lowest BCUT2D eigenvalue weighted by atomic mass is 10.1. The molecule has 1 aliphatic carbocycles. The fourth-order valence-electron chi connectivity index (χ4n) is 3.49. The number of nitro benzene ring substituents is 1. The SMILES string of the molecule is O=C(N[C@@H]1CCc2ccccc21)c1cc(=O)[nH]c2ccc([N+](=O)[O-])cc12. The summed E-state index contributed by atoms with van der Waals surface area (Å²) >= 11 is 0. The van der Waals surface area contributed by atoms with E-state index in [2.05, 4.69) is 10.3 Å². The number of non-ortho nitro benzene ring substituents is 1. The van der Waals surface area contributed by atoms with E-state index in [1.54, 1.807) is 0 Å². The van der Waals surface area contributed by atoms with Crippen LogP contribution in [0.15, 0.2) is 53.3 Å². The van der Waals surface area contributed by atoms with Crippen molar-refractivity contribution in [2.75, 3.05) is 0 Å². The van der Waals surface area contributed by atoms with Crippen molar-refractivity contribution in [2.24, 2.45) is 0 Å². The van der Waals surface area contributed by atoms with Gasteiger partial charge in [0.25, 0.3) is 11.6 Å². The zero-order valence-electron chi connectivity index (χ0n) is 13.7. The van der Waals surface area contributed by atoms with Gasteiger partial charge in [0, 0.05) is 29.1 Å². The van der Waals surface area contributed by atoms with Crippen LogP contribution >= 0.6 is 0 Å². The van der Waals surface area contributed by atoms with Crippen LogP contribution in [0.2, 0.25) is 0 Å². The highest BCUT2D eigenvalue weighted by molar-refractivity contribution is 6.06. The van der Waals surface area contributed by atoms with Crippen LogP contribution in [0.1, 0.15) is 33.9 Å². The molecule has 1 atom stereocenters. The number of carbonyl (C=O) groups excluding carboxylic acids is 1. The topological polar surface area (TPSA) is 105 Å². The van der Waals surface area contributed by atoms with Gasteiger partial charge in [-0.1, -0.05) is 24.3 Å². The highest BCUT2D eigenvalue weighted by Gasteiger charge is 2.25. The fraction of sp³-hybridized carbons (Fsp3) is 0.158. The number of fused-ring (bicyclic) bond motifs is 2. The molecular formula is C19H15N3O4. The molecule has 0 spiro atoms. The van der Waals surface area contributed by atoms with Crippen molar-refractivity contribution < 1.29 is 9.72 Å². The number of pyridine rings is 1. The van der Waals surface area contributed by atoms with Gasteiger partial charge in [-0.25, -0.2) is 0 Å². The number of benzene rings is 2. The van der Waals surface area contributed by atoms with Gasteiger partial charge in [-0.2, -0.15) is 0 Å².